The van der Waals surface area contributed by atoms with Crippen LogP contribution in [0.2, 0.25) is 0 Å². The Morgan fingerprint density at radius 3 is 1.81 bits per heavy atom. The summed E-state index contributed by atoms with van der Waals surface area (Å²) in [5.41, 5.74) is 12.8. The van der Waals surface area contributed by atoms with E-state index in [1.165, 1.54) is 11.1 Å². The quantitative estimate of drug-likeness (QED) is 0.459. The number of hydrogen-bond acceptors (Lipinski definition) is 2. The van der Waals surface area contributed by atoms with E-state index in [0.29, 0.717) is 6.54 Å². The monoisotopic (exact) mass is 350 g/mol. The number of nitrogens with zero attached hydrogens (tertiary/aromatic N) is 1. The van der Waals surface area contributed by atoms with Gasteiger partial charge in [-0.1, -0.05) is 72.8 Å². The van der Waals surface area contributed by atoms with Crippen LogP contribution < -0.4 is 10.6 Å². The van der Waals surface area contributed by atoms with Gasteiger partial charge in [0.25, 0.3) is 0 Å². The minimum atomic E-state index is 0.539. The van der Waals surface area contributed by atoms with Gasteiger partial charge >= 0.3 is 0 Å². The highest BCUT2D eigenvalue weighted by atomic mass is 15.1. The molecule has 0 aliphatic rings. The molecule has 0 saturated carbocycles. The maximum atomic E-state index is 5.87. The van der Waals surface area contributed by atoms with Gasteiger partial charge in [0.2, 0.25) is 0 Å². The Morgan fingerprint density at radius 1 is 0.593 bits per heavy atom. The third-order valence-electron chi connectivity index (χ3n) is 4.65. The molecule has 27 heavy (non-hydrogen) atoms. The summed E-state index contributed by atoms with van der Waals surface area (Å²) >= 11 is 0. The molecule has 0 bridgehead atoms. The van der Waals surface area contributed by atoms with Crippen molar-refractivity contribution in [1.29, 1.82) is 0 Å². The molecule has 0 aromatic heterocycles. The predicted octanol–water partition coefficient (Wildman–Crippen LogP) is 6.28. The number of nitrogens with two attached hydrogens (primary N) is 1. The SMILES string of the molecule is NCc1cccc(-c2ccccc2N(c2ccccc2)c2ccccc2)c1. The van der Waals surface area contributed by atoms with Gasteiger partial charge < -0.3 is 10.6 Å². The maximum Gasteiger partial charge on any atom is 0.0540 e. The van der Waals surface area contributed by atoms with Crippen molar-refractivity contribution in [3.05, 3.63) is 115 Å². The van der Waals surface area contributed by atoms with Crippen molar-refractivity contribution < 1.29 is 0 Å². The molecule has 0 radical (unpaired) electrons. The smallest absolute Gasteiger partial charge is 0.0540 e. The summed E-state index contributed by atoms with van der Waals surface area (Å²) in [5.74, 6) is 0. The first kappa shape index (κ1) is 17.1. The summed E-state index contributed by atoms with van der Waals surface area (Å²) < 4.78 is 0. The van der Waals surface area contributed by atoms with Crippen LogP contribution in [0.5, 0.6) is 0 Å². The second-order valence-corrected chi connectivity index (χ2v) is 6.43. The van der Waals surface area contributed by atoms with Gasteiger partial charge in [0, 0.05) is 23.5 Å². The summed E-state index contributed by atoms with van der Waals surface area (Å²) in [6.45, 7) is 0.539. The largest absolute Gasteiger partial charge is 0.326 e. The van der Waals surface area contributed by atoms with Crippen molar-refractivity contribution in [2.24, 2.45) is 5.73 Å². The lowest BCUT2D eigenvalue weighted by atomic mass is 10.00. The average molecular weight is 350 g/mol. The molecule has 0 heterocycles. The lowest BCUT2D eigenvalue weighted by molar-refractivity contribution is 1.07. The fourth-order valence-electron chi connectivity index (χ4n) is 3.36. The predicted molar refractivity (Wildman–Crippen MR) is 114 cm³/mol. The Bertz CT molecular complexity index is 971. The fourth-order valence-corrected chi connectivity index (χ4v) is 3.36. The fraction of sp³-hybridized carbons (Fsp3) is 0.0400. The lowest BCUT2D eigenvalue weighted by Gasteiger charge is -2.27. The van der Waals surface area contributed by atoms with E-state index in [1.54, 1.807) is 0 Å². The zero-order valence-electron chi connectivity index (χ0n) is 15.1. The summed E-state index contributed by atoms with van der Waals surface area (Å²) in [4.78, 5) is 2.30. The van der Waals surface area contributed by atoms with Gasteiger partial charge in [-0.25, -0.2) is 0 Å². The second-order valence-electron chi connectivity index (χ2n) is 6.43. The third-order valence-corrected chi connectivity index (χ3v) is 4.65. The highest BCUT2D eigenvalue weighted by Gasteiger charge is 2.16. The van der Waals surface area contributed by atoms with E-state index in [9.17, 15) is 0 Å². The zero-order chi connectivity index (χ0) is 18.5. The van der Waals surface area contributed by atoms with E-state index in [0.717, 1.165) is 22.6 Å². The third kappa shape index (κ3) is 3.62. The van der Waals surface area contributed by atoms with Crippen molar-refractivity contribution in [2.75, 3.05) is 4.90 Å². The van der Waals surface area contributed by atoms with Crippen molar-refractivity contribution in [2.45, 2.75) is 6.54 Å². The van der Waals surface area contributed by atoms with Crippen LogP contribution in [0.4, 0.5) is 17.1 Å². The molecule has 0 amide bonds. The Morgan fingerprint density at radius 2 is 1.19 bits per heavy atom. The molecular weight excluding hydrogens is 328 g/mol. The van der Waals surface area contributed by atoms with Crippen LogP contribution in [0, 0.1) is 0 Å². The molecule has 132 valence electrons. The van der Waals surface area contributed by atoms with E-state index in [-0.39, 0.29) is 0 Å². The van der Waals surface area contributed by atoms with Crippen LogP contribution in [0.25, 0.3) is 11.1 Å². The summed E-state index contributed by atoms with van der Waals surface area (Å²) in [6, 6.07) is 37.9. The molecule has 0 aliphatic heterocycles. The first-order valence-corrected chi connectivity index (χ1v) is 9.15. The first-order chi connectivity index (χ1) is 13.4. The molecule has 4 aromatic carbocycles. The minimum Gasteiger partial charge on any atom is -0.326 e. The minimum absolute atomic E-state index is 0.539. The molecule has 0 aliphatic carbocycles. The number of hydrogen-bond donors (Lipinski definition) is 1. The number of benzene rings is 4. The van der Waals surface area contributed by atoms with E-state index in [1.807, 2.05) is 12.1 Å². The Hall–Kier alpha value is -3.36. The van der Waals surface area contributed by atoms with Gasteiger partial charge in [0.05, 0.1) is 5.69 Å². The van der Waals surface area contributed by atoms with Gasteiger partial charge in [-0.2, -0.15) is 0 Å². The van der Waals surface area contributed by atoms with Crippen LogP contribution in [-0.4, -0.2) is 0 Å². The van der Waals surface area contributed by atoms with Gasteiger partial charge in [-0.3, -0.25) is 0 Å². The van der Waals surface area contributed by atoms with E-state index < -0.39 is 0 Å². The van der Waals surface area contributed by atoms with Gasteiger partial charge in [0.15, 0.2) is 0 Å². The van der Waals surface area contributed by atoms with Crippen molar-refractivity contribution >= 4 is 17.1 Å². The van der Waals surface area contributed by atoms with Crippen LogP contribution >= 0.6 is 0 Å². The summed E-state index contributed by atoms with van der Waals surface area (Å²) in [5, 5.41) is 0. The second kappa shape index (κ2) is 7.90. The first-order valence-electron chi connectivity index (χ1n) is 9.15. The topological polar surface area (TPSA) is 29.3 Å². The Balaban J connectivity index is 1.91. The summed E-state index contributed by atoms with van der Waals surface area (Å²) in [7, 11) is 0. The maximum absolute atomic E-state index is 5.87. The highest BCUT2D eigenvalue weighted by molar-refractivity contribution is 5.88. The molecule has 0 fully saturated rings. The lowest BCUT2D eigenvalue weighted by Crippen LogP contribution is -2.11. The Labute approximate surface area is 160 Å². The van der Waals surface area contributed by atoms with Crippen LogP contribution in [0.15, 0.2) is 109 Å². The van der Waals surface area contributed by atoms with E-state index in [2.05, 4.69) is 102 Å². The number of rotatable bonds is 5. The Kier molecular flexibility index (Phi) is 4.99. The van der Waals surface area contributed by atoms with Crippen LogP contribution in [0.1, 0.15) is 5.56 Å². The molecule has 0 spiro atoms. The van der Waals surface area contributed by atoms with Crippen molar-refractivity contribution in [3.8, 4) is 11.1 Å². The van der Waals surface area contributed by atoms with Gasteiger partial charge in [-0.15, -0.1) is 0 Å². The molecule has 2 heteroatoms. The average Bonchev–Trinajstić information content (AvgIpc) is 2.76. The summed E-state index contributed by atoms with van der Waals surface area (Å²) in [6.07, 6.45) is 0. The molecule has 2 N–H and O–H groups in total. The highest BCUT2D eigenvalue weighted by Crippen LogP contribution is 2.40. The number of para-hydroxylation sites is 3. The van der Waals surface area contributed by atoms with Crippen molar-refractivity contribution in [3.63, 3.8) is 0 Å². The molecule has 0 unspecified atom stereocenters. The number of anilines is 3. The van der Waals surface area contributed by atoms with E-state index >= 15 is 0 Å². The zero-order valence-corrected chi connectivity index (χ0v) is 15.1. The van der Waals surface area contributed by atoms with Crippen LogP contribution in [-0.2, 0) is 6.54 Å². The molecule has 2 nitrogen and oxygen atoms in total. The van der Waals surface area contributed by atoms with Crippen LogP contribution in [0.3, 0.4) is 0 Å². The molecular formula is C25H22N2. The molecule has 0 saturated heterocycles. The normalized spacial score (nSPS) is 10.6. The van der Waals surface area contributed by atoms with E-state index in [4.69, 9.17) is 5.73 Å². The van der Waals surface area contributed by atoms with Crippen molar-refractivity contribution in [1.82, 2.24) is 0 Å². The van der Waals surface area contributed by atoms with Gasteiger partial charge in [0.1, 0.15) is 0 Å². The molecule has 4 rings (SSSR count). The molecule has 0 atom stereocenters. The van der Waals surface area contributed by atoms with Gasteiger partial charge in [-0.05, 0) is 47.5 Å². The standard InChI is InChI=1S/C25H22N2/c26-19-20-10-9-11-21(18-20)24-16-7-8-17-25(24)27(22-12-3-1-4-13-22)23-14-5-2-6-15-23/h1-18H,19,26H2. The molecule has 4 aromatic rings.